The Morgan fingerprint density at radius 1 is 1.29 bits per heavy atom. The van der Waals surface area contributed by atoms with Crippen molar-refractivity contribution in [3.8, 4) is 11.3 Å². The van der Waals surface area contributed by atoms with E-state index < -0.39 is 5.97 Å². The highest BCUT2D eigenvalue weighted by molar-refractivity contribution is 5.71. The third-order valence-electron chi connectivity index (χ3n) is 3.18. The predicted octanol–water partition coefficient (Wildman–Crippen LogP) is 2.34. The van der Waals surface area contributed by atoms with Crippen LogP contribution in [0.15, 0.2) is 41.2 Å². The standard InChI is InChI=1S/C16H18N2O3/c1-2-3-9-18-16(21)13(11-15(19)20)10-14(17-18)12-7-5-4-6-8-12/h4-8,10H,2-3,9,11H2,1H3,(H,19,20). The summed E-state index contributed by atoms with van der Waals surface area (Å²) in [5.41, 5.74) is 1.45. The lowest BCUT2D eigenvalue weighted by Gasteiger charge is -2.09. The van der Waals surface area contributed by atoms with Crippen LogP contribution in [0.25, 0.3) is 11.3 Å². The van der Waals surface area contributed by atoms with Gasteiger partial charge in [0.15, 0.2) is 0 Å². The second-order valence-electron chi connectivity index (χ2n) is 4.87. The van der Waals surface area contributed by atoms with Crippen molar-refractivity contribution in [2.24, 2.45) is 0 Å². The van der Waals surface area contributed by atoms with Gasteiger partial charge in [-0.15, -0.1) is 0 Å². The van der Waals surface area contributed by atoms with Crippen LogP contribution in [0.5, 0.6) is 0 Å². The molecule has 0 spiro atoms. The summed E-state index contributed by atoms with van der Waals surface area (Å²) in [7, 11) is 0. The van der Waals surface area contributed by atoms with Crippen molar-refractivity contribution in [3.63, 3.8) is 0 Å². The minimum atomic E-state index is -1.01. The zero-order valence-electron chi connectivity index (χ0n) is 12.0. The van der Waals surface area contributed by atoms with Gasteiger partial charge in [-0.3, -0.25) is 9.59 Å². The van der Waals surface area contributed by atoms with Gasteiger partial charge in [0.2, 0.25) is 0 Å². The van der Waals surface area contributed by atoms with E-state index in [1.54, 1.807) is 6.07 Å². The molecule has 110 valence electrons. The molecular formula is C16H18N2O3. The van der Waals surface area contributed by atoms with Crippen molar-refractivity contribution in [2.45, 2.75) is 32.7 Å². The molecule has 0 atom stereocenters. The van der Waals surface area contributed by atoms with Crippen LogP contribution in [0.1, 0.15) is 25.3 Å². The molecule has 0 aliphatic heterocycles. The molecule has 2 aromatic rings. The Balaban J connectivity index is 2.50. The maximum atomic E-state index is 12.2. The average molecular weight is 286 g/mol. The Kier molecular flexibility index (Phi) is 4.87. The first-order valence-corrected chi connectivity index (χ1v) is 7.00. The lowest BCUT2D eigenvalue weighted by molar-refractivity contribution is -0.136. The van der Waals surface area contributed by atoms with Gasteiger partial charge in [0.05, 0.1) is 12.1 Å². The topological polar surface area (TPSA) is 72.2 Å². The van der Waals surface area contributed by atoms with Crippen molar-refractivity contribution in [1.29, 1.82) is 0 Å². The molecule has 1 N–H and O–H groups in total. The average Bonchev–Trinajstić information content (AvgIpc) is 2.48. The fourth-order valence-corrected chi connectivity index (χ4v) is 2.10. The molecule has 0 radical (unpaired) electrons. The first-order chi connectivity index (χ1) is 10.1. The number of carboxylic acids is 1. The van der Waals surface area contributed by atoms with Crippen LogP contribution in [-0.2, 0) is 17.8 Å². The number of unbranched alkanes of at least 4 members (excludes halogenated alkanes) is 1. The number of aryl methyl sites for hydroxylation is 1. The SMILES string of the molecule is CCCCn1nc(-c2ccccc2)cc(CC(=O)O)c1=O. The van der Waals surface area contributed by atoms with Gasteiger partial charge in [0, 0.05) is 17.7 Å². The van der Waals surface area contributed by atoms with E-state index in [-0.39, 0.29) is 17.5 Å². The number of carbonyl (C=O) groups is 1. The Labute approximate surface area is 122 Å². The molecule has 0 bridgehead atoms. The summed E-state index contributed by atoms with van der Waals surface area (Å²) < 4.78 is 1.38. The Bertz CT molecular complexity index is 678. The molecular weight excluding hydrogens is 268 g/mol. The summed E-state index contributed by atoms with van der Waals surface area (Å²) in [6.45, 7) is 2.53. The first-order valence-electron chi connectivity index (χ1n) is 7.00. The molecule has 5 nitrogen and oxygen atoms in total. The summed E-state index contributed by atoms with van der Waals surface area (Å²) in [6, 6.07) is 11.0. The fraction of sp³-hybridized carbons (Fsp3) is 0.312. The van der Waals surface area contributed by atoms with Crippen molar-refractivity contribution >= 4 is 5.97 Å². The Morgan fingerprint density at radius 3 is 2.62 bits per heavy atom. The molecule has 0 unspecified atom stereocenters. The number of hydrogen-bond donors (Lipinski definition) is 1. The largest absolute Gasteiger partial charge is 0.481 e. The molecule has 1 aromatic heterocycles. The summed E-state index contributed by atoms with van der Waals surface area (Å²) in [5, 5.41) is 13.3. The number of aromatic nitrogens is 2. The van der Waals surface area contributed by atoms with Crippen LogP contribution in [0.3, 0.4) is 0 Å². The summed E-state index contributed by atoms with van der Waals surface area (Å²) >= 11 is 0. The highest BCUT2D eigenvalue weighted by Gasteiger charge is 2.12. The van der Waals surface area contributed by atoms with E-state index in [1.165, 1.54) is 4.68 Å². The number of hydrogen-bond acceptors (Lipinski definition) is 3. The highest BCUT2D eigenvalue weighted by atomic mass is 16.4. The van der Waals surface area contributed by atoms with E-state index >= 15 is 0 Å². The number of aliphatic carboxylic acids is 1. The van der Waals surface area contributed by atoms with Crippen molar-refractivity contribution < 1.29 is 9.90 Å². The van der Waals surface area contributed by atoms with Gasteiger partial charge in [-0.05, 0) is 12.5 Å². The zero-order valence-corrected chi connectivity index (χ0v) is 12.0. The smallest absolute Gasteiger partial charge is 0.308 e. The lowest BCUT2D eigenvalue weighted by atomic mass is 10.1. The quantitative estimate of drug-likeness (QED) is 0.884. The maximum Gasteiger partial charge on any atom is 0.308 e. The molecule has 0 aliphatic carbocycles. The van der Waals surface area contributed by atoms with Gasteiger partial charge in [0.1, 0.15) is 0 Å². The third-order valence-corrected chi connectivity index (χ3v) is 3.18. The second-order valence-corrected chi connectivity index (χ2v) is 4.87. The molecule has 1 heterocycles. The third kappa shape index (κ3) is 3.78. The van der Waals surface area contributed by atoms with Gasteiger partial charge in [0.25, 0.3) is 5.56 Å². The van der Waals surface area contributed by atoms with E-state index in [4.69, 9.17) is 5.11 Å². The van der Waals surface area contributed by atoms with Crippen LogP contribution in [0.4, 0.5) is 0 Å². The van der Waals surface area contributed by atoms with Gasteiger partial charge < -0.3 is 5.11 Å². The number of nitrogens with zero attached hydrogens (tertiary/aromatic N) is 2. The molecule has 2 rings (SSSR count). The molecule has 0 amide bonds. The van der Waals surface area contributed by atoms with Crippen molar-refractivity contribution in [3.05, 3.63) is 52.3 Å². The normalized spacial score (nSPS) is 10.5. The van der Waals surface area contributed by atoms with E-state index in [1.807, 2.05) is 37.3 Å². The minimum absolute atomic E-state index is 0.271. The zero-order chi connectivity index (χ0) is 15.2. The number of benzene rings is 1. The Hall–Kier alpha value is -2.43. The fourth-order valence-electron chi connectivity index (χ4n) is 2.10. The molecule has 0 aliphatic rings. The van der Waals surface area contributed by atoms with Gasteiger partial charge >= 0.3 is 5.97 Å². The first kappa shape index (κ1) is 15.0. The summed E-state index contributed by atoms with van der Waals surface area (Å²) in [5.74, 6) is -1.01. The molecule has 0 saturated heterocycles. The predicted molar refractivity (Wildman–Crippen MR) is 80.2 cm³/mol. The summed E-state index contributed by atoms with van der Waals surface area (Å²) in [4.78, 5) is 23.2. The molecule has 0 fully saturated rings. The highest BCUT2D eigenvalue weighted by Crippen LogP contribution is 2.16. The van der Waals surface area contributed by atoms with Crippen LogP contribution in [-0.4, -0.2) is 20.9 Å². The van der Waals surface area contributed by atoms with E-state index in [0.717, 1.165) is 18.4 Å². The van der Waals surface area contributed by atoms with Crippen LogP contribution >= 0.6 is 0 Å². The molecule has 21 heavy (non-hydrogen) atoms. The molecule has 1 aromatic carbocycles. The van der Waals surface area contributed by atoms with E-state index in [0.29, 0.717) is 12.2 Å². The molecule has 5 heteroatoms. The number of carboxylic acid groups (broad SMARTS) is 1. The monoisotopic (exact) mass is 286 g/mol. The lowest BCUT2D eigenvalue weighted by Crippen LogP contribution is -2.28. The van der Waals surface area contributed by atoms with Crippen LogP contribution < -0.4 is 5.56 Å². The number of rotatable bonds is 6. The van der Waals surface area contributed by atoms with E-state index in [9.17, 15) is 9.59 Å². The van der Waals surface area contributed by atoms with Crippen LogP contribution in [0.2, 0.25) is 0 Å². The van der Waals surface area contributed by atoms with Gasteiger partial charge in [-0.25, -0.2) is 4.68 Å². The van der Waals surface area contributed by atoms with Gasteiger partial charge in [-0.2, -0.15) is 5.10 Å². The maximum absolute atomic E-state index is 12.2. The Morgan fingerprint density at radius 2 is 2.00 bits per heavy atom. The summed E-state index contributed by atoms with van der Waals surface area (Å²) in [6.07, 6.45) is 1.49. The molecule has 0 saturated carbocycles. The van der Waals surface area contributed by atoms with Gasteiger partial charge in [-0.1, -0.05) is 43.7 Å². The van der Waals surface area contributed by atoms with Crippen molar-refractivity contribution in [1.82, 2.24) is 9.78 Å². The van der Waals surface area contributed by atoms with Crippen molar-refractivity contribution in [2.75, 3.05) is 0 Å². The van der Waals surface area contributed by atoms with E-state index in [2.05, 4.69) is 5.10 Å². The second kappa shape index (κ2) is 6.83. The van der Waals surface area contributed by atoms with Crippen LogP contribution in [0, 0.1) is 0 Å². The minimum Gasteiger partial charge on any atom is -0.481 e.